The quantitative estimate of drug-likeness (QED) is 0.465. The Morgan fingerprint density at radius 1 is 0.853 bits per heavy atom. The second-order valence-corrected chi connectivity index (χ2v) is 10.8. The zero-order chi connectivity index (χ0) is 24.1. The Morgan fingerprint density at radius 2 is 1.53 bits per heavy atom. The third-order valence-electron chi connectivity index (χ3n) is 5.71. The van der Waals surface area contributed by atoms with Gasteiger partial charge in [0.1, 0.15) is 0 Å². The van der Waals surface area contributed by atoms with E-state index in [1.165, 1.54) is 4.31 Å². The van der Waals surface area contributed by atoms with Crippen molar-refractivity contribution in [2.24, 2.45) is 0 Å². The molecule has 0 bridgehead atoms. The number of hydrogen-bond donors (Lipinski definition) is 2. The van der Waals surface area contributed by atoms with E-state index in [-0.39, 0.29) is 0 Å². The van der Waals surface area contributed by atoms with E-state index in [1.807, 2.05) is 30.3 Å². The van der Waals surface area contributed by atoms with E-state index in [1.54, 1.807) is 36.4 Å². The Balaban J connectivity index is 1.23. The molecule has 10 heteroatoms. The van der Waals surface area contributed by atoms with E-state index < -0.39 is 21.8 Å². The maximum Gasteiger partial charge on any atom is 0.313 e. The number of rotatable bonds is 6. The Morgan fingerprint density at radius 3 is 2.24 bits per heavy atom. The van der Waals surface area contributed by atoms with Crippen LogP contribution in [0.2, 0.25) is 0 Å². The smallest absolute Gasteiger partial charge is 0.313 e. The number of anilines is 1. The molecule has 0 radical (unpaired) electrons. The molecule has 0 saturated carbocycles. The molecule has 178 valence electrons. The van der Waals surface area contributed by atoms with Gasteiger partial charge in [-0.1, -0.05) is 46.3 Å². The van der Waals surface area contributed by atoms with Crippen LogP contribution in [0.25, 0.3) is 10.8 Å². The fourth-order valence-corrected chi connectivity index (χ4v) is 5.52. The van der Waals surface area contributed by atoms with Gasteiger partial charge in [0.2, 0.25) is 10.0 Å². The van der Waals surface area contributed by atoms with Crippen LogP contribution in [-0.4, -0.2) is 68.7 Å². The maximum absolute atomic E-state index is 13.1. The fraction of sp³-hybridized carbons (Fsp3) is 0.250. The summed E-state index contributed by atoms with van der Waals surface area (Å²) in [6.07, 6.45) is 0. The molecule has 0 atom stereocenters. The predicted molar refractivity (Wildman–Crippen MR) is 135 cm³/mol. The summed E-state index contributed by atoms with van der Waals surface area (Å²) in [5.74, 6) is -1.44. The number of nitrogens with zero attached hydrogens (tertiary/aromatic N) is 2. The minimum absolute atomic E-state index is 0.295. The van der Waals surface area contributed by atoms with Gasteiger partial charge < -0.3 is 10.6 Å². The molecule has 0 spiro atoms. The van der Waals surface area contributed by atoms with Crippen molar-refractivity contribution in [1.29, 1.82) is 0 Å². The first-order chi connectivity index (χ1) is 16.3. The molecule has 1 aliphatic heterocycles. The molecule has 4 rings (SSSR count). The van der Waals surface area contributed by atoms with Crippen molar-refractivity contribution in [1.82, 2.24) is 14.5 Å². The lowest BCUT2D eigenvalue weighted by Gasteiger charge is -2.34. The van der Waals surface area contributed by atoms with E-state index in [0.717, 1.165) is 15.2 Å². The van der Waals surface area contributed by atoms with Gasteiger partial charge in [0.05, 0.1) is 4.90 Å². The van der Waals surface area contributed by atoms with Crippen LogP contribution in [0.5, 0.6) is 0 Å². The largest absolute Gasteiger partial charge is 0.347 e. The van der Waals surface area contributed by atoms with Gasteiger partial charge in [0.15, 0.2) is 0 Å². The summed E-state index contributed by atoms with van der Waals surface area (Å²) in [7, 11) is -3.57. The lowest BCUT2D eigenvalue weighted by atomic mass is 10.1. The molecule has 1 fully saturated rings. The fourth-order valence-electron chi connectivity index (χ4n) is 3.80. The van der Waals surface area contributed by atoms with E-state index in [0.29, 0.717) is 49.9 Å². The molecule has 2 N–H and O–H groups in total. The number of piperazine rings is 1. The van der Waals surface area contributed by atoms with Crippen LogP contribution in [-0.2, 0) is 19.6 Å². The zero-order valence-electron chi connectivity index (χ0n) is 18.4. The first-order valence-corrected chi connectivity index (χ1v) is 13.1. The van der Waals surface area contributed by atoms with Crippen molar-refractivity contribution in [2.45, 2.75) is 4.90 Å². The molecular formula is C24H25BrN4O4S. The van der Waals surface area contributed by atoms with Crippen LogP contribution in [0, 0.1) is 0 Å². The number of nitrogens with one attached hydrogen (secondary N) is 2. The summed E-state index contributed by atoms with van der Waals surface area (Å²) < 4.78 is 28.5. The van der Waals surface area contributed by atoms with Crippen molar-refractivity contribution in [3.05, 3.63) is 71.2 Å². The first kappa shape index (κ1) is 24.3. The van der Waals surface area contributed by atoms with Crippen molar-refractivity contribution >= 4 is 54.2 Å². The van der Waals surface area contributed by atoms with Gasteiger partial charge in [0, 0.05) is 49.4 Å². The van der Waals surface area contributed by atoms with Gasteiger partial charge in [-0.3, -0.25) is 14.5 Å². The minimum atomic E-state index is -3.57. The monoisotopic (exact) mass is 544 g/mol. The van der Waals surface area contributed by atoms with Crippen LogP contribution in [0.1, 0.15) is 0 Å². The highest BCUT2D eigenvalue weighted by atomic mass is 79.9. The number of hydrogen-bond acceptors (Lipinski definition) is 5. The number of carbonyl (C=O) groups is 2. The summed E-state index contributed by atoms with van der Waals surface area (Å²) in [4.78, 5) is 26.4. The van der Waals surface area contributed by atoms with Crippen molar-refractivity contribution in [2.75, 3.05) is 44.6 Å². The van der Waals surface area contributed by atoms with Crippen molar-refractivity contribution in [3.8, 4) is 0 Å². The van der Waals surface area contributed by atoms with Crippen LogP contribution in [0.4, 0.5) is 5.69 Å². The number of halogens is 1. The number of fused-ring (bicyclic) bond motifs is 1. The summed E-state index contributed by atoms with van der Waals surface area (Å²) in [5.41, 5.74) is 0.534. The van der Waals surface area contributed by atoms with Crippen molar-refractivity contribution < 1.29 is 18.0 Å². The Hall–Kier alpha value is -2.79. The van der Waals surface area contributed by atoms with Gasteiger partial charge in [-0.05, 0) is 47.2 Å². The minimum Gasteiger partial charge on any atom is -0.347 e. The Kier molecular flexibility index (Phi) is 7.62. The number of benzene rings is 3. The number of carbonyl (C=O) groups excluding carboxylic acids is 2. The number of amides is 2. The van der Waals surface area contributed by atoms with Crippen molar-refractivity contribution in [3.63, 3.8) is 0 Å². The molecule has 34 heavy (non-hydrogen) atoms. The van der Waals surface area contributed by atoms with Crippen LogP contribution in [0.15, 0.2) is 76.1 Å². The second-order valence-electron chi connectivity index (χ2n) is 7.97. The molecule has 3 aromatic rings. The average molecular weight is 545 g/mol. The third kappa shape index (κ3) is 5.82. The summed E-state index contributed by atoms with van der Waals surface area (Å²) in [6, 6.07) is 19.8. The van der Waals surface area contributed by atoms with Crippen LogP contribution in [0.3, 0.4) is 0 Å². The van der Waals surface area contributed by atoms with Gasteiger partial charge in [0.25, 0.3) is 0 Å². The molecule has 1 saturated heterocycles. The molecule has 3 aromatic carbocycles. The van der Waals surface area contributed by atoms with Gasteiger partial charge in [-0.2, -0.15) is 4.31 Å². The third-order valence-corrected chi connectivity index (χ3v) is 8.14. The maximum atomic E-state index is 13.1. The predicted octanol–water partition coefficient (Wildman–Crippen LogP) is 2.66. The topological polar surface area (TPSA) is 98.8 Å². The highest BCUT2D eigenvalue weighted by Crippen LogP contribution is 2.22. The van der Waals surface area contributed by atoms with Gasteiger partial charge in [-0.25, -0.2) is 8.42 Å². The van der Waals surface area contributed by atoms with Gasteiger partial charge in [-0.15, -0.1) is 0 Å². The van der Waals surface area contributed by atoms with Crippen LogP contribution < -0.4 is 10.6 Å². The summed E-state index contributed by atoms with van der Waals surface area (Å²) >= 11 is 3.31. The Bertz CT molecular complexity index is 1290. The molecule has 0 aromatic heterocycles. The van der Waals surface area contributed by atoms with E-state index >= 15 is 0 Å². The molecule has 0 aliphatic carbocycles. The molecular weight excluding hydrogens is 520 g/mol. The molecule has 1 heterocycles. The SMILES string of the molecule is O=C(NCCN1CCN(S(=O)(=O)c2ccc3ccccc3c2)CC1)C(=O)Nc1ccc(Br)cc1. The molecule has 0 unspecified atom stereocenters. The van der Waals surface area contributed by atoms with Crippen LogP contribution >= 0.6 is 15.9 Å². The van der Waals surface area contributed by atoms with Gasteiger partial charge >= 0.3 is 11.8 Å². The molecule has 2 amide bonds. The van der Waals surface area contributed by atoms with E-state index in [9.17, 15) is 18.0 Å². The first-order valence-electron chi connectivity index (χ1n) is 10.9. The zero-order valence-corrected chi connectivity index (χ0v) is 20.8. The van der Waals surface area contributed by atoms with E-state index in [4.69, 9.17) is 0 Å². The standard InChI is InChI=1S/C24H25BrN4O4S/c25-20-6-8-21(9-7-20)27-24(31)23(30)26-11-12-28-13-15-29(16-14-28)34(32,33)22-10-5-18-3-1-2-4-19(18)17-22/h1-10,17H,11-16H2,(H,26,30)(H,27,31). The Labute approximate surface area is 207 Å². The average Bonchev–Trinajstić information content (AvgIpc) is 2.85. The highest BCUT2D eigenvalue weighted by molar-refractivity contribution is 9.10. The summed E-state index contributed by atoms with van der Waals surface area (Å²) in [6.45, 7) is 2.66. The normalized spacial score (nSPS) is 15.2. The van der Waals surface area contributed by atoms with E-state index in [2.05, 4.69) is 31.5 Å². The lowest BCUT2D eigenvalue weighted by Crippen LogP contribution is -2.50. The molecule has 1 aliphatic rings. The lowest BCUT2D eigenvalue weighted by molar-refractivity contribution is -0.136. The summed E-state index contributed by atoms with van der Waals surface area (Å²) in [5, 5.41) is 7.05. The molecule has 8 nitrogen and oxygen atoms in total. The second kappa shape index (κ2) is 10.6. The number of sulfonamides is 1. The highest BCUT2D eigenvalue weighted by Gasteiger charge is 2.28.